The molecule has 2 aromatic carbocycles. The van der Waals surface area contributed by atoms with E-state index in [0.717, 1.165) is 36.7 Å². The first kappa shape index (κ1) is 25.5. The van der Waals surface area contributed by atoms with Crippen LogP contribution in [0.25, 0.3) is 0 Å². The number of benzene rings is 2. The van der Waals surface area contributed by atoms with E-state index in [1.54, 1.807) is 12.1 Å². The molecule has 182 valence electrons. The summed E-state index contributed by atoms with van der Waals surface area (Å²) in [4.78, 5) is 8.12. The third-order valence-corrected chi connectivity index (χ3v) is 5.98. The highest BCUT2D eigenvalue weighted by Crippen LogP contribution is 2.37. The molecule has 0 spiro atoms. The molecule has 1 heterocycles. The molecule has 0 amide bonds. The highest BCUT2D eigenvalue weighted by atomic mass is 19.4. The lowest BCUT2D eigenvalue weighted by Crippen LogP contribution is -2.13. The molecule has 0 aliphatic rings. The number of aromatic nitrogens is 2. The van der Waals surface area contributed by atoms with Gasteiger partial charge in [-0.15, -0.1) is 0 Å². The zero-order valence-corrected chi connectivity index (χ0v) is 20.0. The number of hydrogen-bond acceptors (Lipinski definition) is 4. The van der Waals surface area contributed by atoms with E-state index < -0.39 is 11.7 Å². The zero-order valence-electron chi connectivity index (χ0n) is 20.0. The lowest BCUT2D eigenvalue weighted by molar-refractivity contribution is -0.137. The summed E-state index contributed by atoms with van der Waals surface area (Å²) in [5.74, 6) is 0.0264. The number of rotatable bonds is 11. The molecule has 0 saturated carbocycles. The summed E-state index contributed by atoms with van der Waals surface area (Å²) in [5, 5.41) is 5.95. The van der Waals surface area contributed by atoms with Crippen LogP contribution in [-0.4, -0.2) is 9.97 Å². The van der Waals surface area contributed by atoms with Crippen molar-refractivity contribution < 1.29 is 13.2 Å². The number of nitrogens with one attached hydrogen (secondary N) is 2. The van der Waals surface area contributed by atoms with Crippen molar-refractivity contribution in [1.29, 1.82) is 0 Å². The summed E-state index contributed by atoms with van der Waals surface area (Å²) >= 11 is 0. The van der Waals surface area contributed by atoms with Crippen molar-refractivity contribution in [3.8, 4) is 0 Å². The summed E-state index contributed by atoms with van der Waals surface area (Å²) in [6.45, 7) is 6.28. The van der Waals surface area contributed by atoms with Gasteiger partial charge in [0.05, 0.1) is 0 Å². The number of hydrogen-bond donors (Lipinski definition) is 2. The van der Waals surface area contributed by atoms with Gasteiger partial charge in [-0.05, 0) is 54.5 Å². The topological polar surface area (TPSA) is 49.8 Å². The van der Waals surface area contributed by atoms with Gasteiger partial charge in [0.25, 0.3) is 0 Å². The Morgan fingerprint density at radius 3 is 2.32 bits per heavy atom. The summed E-state index contributed by atoms with van der Waals surface area (Å²) in [6.07, 6.45) is 2.94. The molecule has 0 radical (unpaired) electrons. The van der Waals surface area contributed by atoms with E-state index in [0.29, 0.717) is 5.69 Å². The standard InChI is InChI=1S/C27H33F3N4/c1-4-6-7-8-11-20-14-16-21(17-15-20)32-26-31-18-23(27(28,29)30)25(34-26)33-24-13-10-9-12-22(24)19(3)5-2/h9-10,12-19H,4-8,11H2,1-3H3,(H2,31,32,33,34). The normalized spacial score (nSPS) is 12.4. The second-order valence-corrected chi connectivity index (χ2v) is 8.61. The van der Waals surface area contributed by atoms with Crippen LogP contribution in [0.4, 0.5) is 36.3 Å². The first-order valence-electron chi connectivity index (χ1n) is 12.0. The van der Waals surface area contributed by atoms with Gasteiger partial charge >= 0.3 is 6.18 Å². The van der Waals surface area contributed by atoms with E-state index in [2.05, 4.69) is 27.5 Å². The molecule has 3 aromatic rings. The van der Waals surface area contributed by atoms with Gasteiger partial charge in [0, 0.05) is 17.6 Å². The lowest BCUT2D eigenvalue weighted by Gasteiger charge is -2.19. The van der Waals surface area contributed by atoms with Gasteiger partial charge in [-0.25, -0.2) is 4.98 Å². The van der Waals surface area contributed by atoms with Crippen molar-refractivity contribution in [3.63, 3.8) is 0 Å². The average Bonchev–Trinajstić information content (AvgIpc) is 2.82. The highest BCUT2D eigenvalue weighted by Gasteiger charge is 2.35. The summed E-state index contributed by atoms with van der Waals surface area (Å²) in [5.41, 5.74) is 2.61. The van der Waals surface area contributed by atoms with E-state index in [9.17, 15) is 13.2 Å². The Balaban J connectivity index is 1.81. The predicted molar refractivity (Wildman–Crippen MR) is 133 cm³/mol. The number of anilines is 4. The molecule has 0 aliphatic carbocycles. The quantitative estimate of drug-likeness (QED) is 0.275. The first-order chi connectivity index (χ1) is 16.3. The van der Waals surface area contributed by atoms with Crippen molar-refractivity contribution in [1.82, 2.24) is 9.97 Å². The minimum Gasteiger partial charge on any atom is -0.339 e. The molecule has 1 unspecified atom stereocenters. The smallest absolute Gasteiger partial charge is 0.339 e. The predicted octanol–water partition coefficient (Wildman–Crippen LogP) is 8.62. The fraction of sp³-hybridized carbons (Fsp3) is 0.407. The monoisotopic (exact) mass is 470 g/mol. The van der Waals surface area contributed by atoms with Gasteiger partial charge in [0.15, 0.2) is 0 Å². The van der Waals surface area contributed by atoms with E-state index in [4.69, 9.17) is 0 Å². The molecule has 34 heavy (non-hydrogen) atoms. The van der Waals surface area contributed by atoms with Crippen molar-refractivity contribution in [2.24, 2.45) is 0 Å². The molecular formula is C27H33F3N4. The lowest BCUT2D eigenvalue weighted by atomic mass is 9.97. The Labute approximate surface area is 200 Å². The summed E-state index contributed by atoms with van der Waals surface area (Å²) in [7, 11) is 0. The van der Waals surface area contributed by atoms with Gasteiger partial charge in [-0.2, -0.15) is 18.2 Å². The third kappa shape index (κ3) is 6.95. The van der Waals surface area contributed by atoms with Crippen LogP contribution in [0.5, 0.6) is 0 Å². The molecule has 3 rings (SSSR count). The second kappa shape index (κ2) is 11.9. The number of unbranched alkanes of at least 4 members (excludes halogenated alkanes) is 3. The summed E-state index contributed by atoms with van der Waals surface area (Å²) in [6, 6.07) is 15.2. The van der Waals surface area contributed by atoms with Crippen LogP contribution in [0, 0.1) is 0 Å². The minimum absolute atomic E-state index is 0.104. The molecule has 7 heteroatoms. The van der Waals surface area contributed by atoms with Crippen LogP contribution < -0.4 is 10.6 Å². The maximum Gasteiger partial charge on any atom is 0.421 e. The average molecular weight is 471 g/mol. The van der Waals surface area contributed by atoms with Gasteiger partial charge in [-0.3, -0.25) is 0 Å². The third-order valence-electron chi connectivity index (χ3n) is 5.98. The molecule has 0 aliphatic heterocycles. The fourth-order valence-electron chi connectivity index (χ4n) is 3.77. The molecule has 1 atom stereocenters. The zero-order chi connectivity index (χ0) is 24.6. The molecule has 0 fully saturated rings. The van der Waals surface area contributed by atoms with Crippen LogP contribution in [0.15, 0.2) is 54.7 Å². The Hall–Kier alpha value is -3.09. The number of aryl methyl sites for hydroxylation is 1. The van der Waals surface area contributed by atoms with Crippen LogP contribution in [0.1, 0.15) is 75.5 Å². The highest BCUT2D eigenvalue weighted by molar-refractivity contribution is 5.66. The summed E-state index contributed by atoms with van der Waals surface area (Å²) < 4.78 is 41.1. The maximum absolute atomic E-state index is 13.7. The number of halogens is 3. The first-order valence-corrected chi connectivity index (χ1v) is 12.0. The van der Waals surface area contributed by atoms with E-state index in [1.165, 1.54) is 24.8 Å². The molecule has 2 N–H and O–H groups in total. The minimum atomic E-state index is -4.58. The van der Waals surface area contributed by atoms with Crippen molar-refractivity contribution >= 4 is 23.1 Å². The Morgan fingerprint density at radius 2 is 1.65 bits per heavy atom. The Kier molecular flexibility index (Phi) is 8.91. The van der Waals surface area contributed by atoms with Crippen LogP contribution in [-0.2, 0) is 12.6 Å². The van der Waals surface area contributed by atoms with Crippen LogP contribution in [0.3, 0.4) is 0 Å². The van der Waals surface area contributed by atoms with Crippen LogP contribution in [0.2, 0.25) is 0 Å². The second-order valence-electron chi connectivity index (χ2n) is 8.61. The van der Waals surface area contributed by atoms with Gasteiger partial charge in [0.1, 0.15) is 11.4 Å². The van der Waals surface area contributed by atoms with Crippen molar-refractivity contribution in [2.75, 3.05) is 10.6 Å². The molecule has 0 bridgehead atoms. The van der Waals surface area contributed by atoms with Gasteiger partial charge in [-0.1, -0.05) is 70.4 Å². The number of para-hydroxylation sites is 1. The largest absolute Gasteiger partial charge is 0.421 e. The molecule has 4 nitrogen and oxygen atoms in total. The van der Waals surface area contributed by atoms with E-state index in [1.807, 2.05) is 50.2 Å². The molecule has 1 aromatic heterocycles. The van der Waals surface area contributed by atoms with Gasteiger partial charge < -0.3 is 10.6 Å². The molecular weight excluding hydrogens is 437 g/mol. The van der Waals surface area contributed by atoms with Crippen molar-refractivity contribution in [2.45, 2.75) is 71.4 Å². The fourth-order valence-corrected chi connectivity index (χ4v) is 3.77. The maximum atomic E-state index is 13.7. The number of nitrogens with zero attached hydrogens (tertiary/aromatic N) is 2. The Morgan fingerprint density at radius 1 is 0.912 bits per heavy atom. The van der Waals surface area contributed by atoms with Gasteiger partial charge in [0.2, 0.25) is 5.95 Å². The SMILES string of the molecule is CCCCCCc1ccc(Nc2ncc(C(F)(F)F)c(Nc3ccccc3C(C)CC)n2)cc1. The van der Waals surface area contributed by atoms with E-state index in [-0.39, 0.29) is 17.7 Å². The van der Waals surface area contributed by atoms with E-state index >= 15 is 0 Å². The van der Waals surface area contributed by atoms with Crippen LogP contribution >= 0.6 is 0 Å². The van der Waals surface area contributed by atoms with Crippen molar-refractivity contribution in [3.05, 3.63) is 71.4 Å². The molecule has 0 saturated heterocycles. The number of alkyl halides is 3. The Bertz CT molecular complexity index is 1050.